The van der Waals surface area contributed by atoms with Crippen molar-refractivity contribution in [1.82, 2.24) is 24.7 Å². The van der Waals surface area contributed by atoms with Gasteiger partial charge in [0, 0.05) is 65.1 Å². The first kappa shape index (κ1) is 34.1. The number of methoxy groups -OCH3 is 2. The smallest absolute Gasteiger partial charge is 0.290 e. The maximum Gasteiger partial charge on any atom is 0.290 e. The van der Waals surface area contributed by atoms with Crippen LogP contribution in [0.5, 0.6) is 5.75 Å². The van der Waals surface area contributed by atoms with Gasteiger partial charge in [0.1, 0.15) is 5.75 Å². The number of benzene rings is 1. The first-order valence-electron chi connectivity index (χ1n) is 13.8. The Morgan fingerprint density at radius 3 is 2.58 bits per heavy atom. The van der Waals surface area contributed by atoms with Gasteiger partial charge in [-0.2, -0.15) is 0 Å². The molecule has 4 rings (SSSR count). The Balaban J connectivity index is 0.00000280. The van der Waals surface area contributed by atoms with Gasteiger partial charge in [-0.15, -0.1) is 24.8 Å². The van der Waals surface area contributed by atoms with Gasteiger partial charge in [0.2, 0.25) is 5.91 Å². The molecule has 10 nitrogen and oxygen atoms in total. The molecule has 12 heteroatoms. The van der Waals surface area contributed by atoms with Gasteiger partial charge in [0.15, 0.2) is 5.82 Å². The van der Waals surface area contributed by atoms with Gasteiger partial charge in [-0.3, -0.25) is 9.59 Å². The molecule has 2 aliphatic heterocycles. The fourth-order valence-electron chi connectivity index (χ4n) is 5.44. The summed E-state index contributed by atoms with van der Waals surface area (Å²) in [6.07, 6.45) is 2.40. The van der Waals surface area contributed by atoms with Crippen molar-refractivity contribution in [2.75, 3.05) is 66.8 Å². The van der Waals surface area contributed by atoms with Crippen LogP contribution < -0.4 is 10.1 Å². The number of carbonyl (C=O) groups is 2. The average molecular weight is 603 g/mol. The number of morpholine rings is 1. The maximum atomic E-state index is 14.2. The third-order valence-electron chi connectivity index (χ3n) is 7.39. The molecule has 0 aliphatic carbocycles. The van der Waals surface area contributed by atoms with Gasteiger partial charge >= 0.3 is 0 Å². The summed E-state index contributed by atoms with van der Waals surface area (Å²) in [4.78, 5) is 36.2. The lowest BCUT2D eigenvalue weighted by Crippen LogP contribution is -2.56. The number of aryl methyl sites for hydroxylation is 1. The van der Waals surface area contributed by atoms with Crippen molar-refractivity contribution in [3.8, 4) is 5.75 Å². The van der Waals surface area contributed by atoms with Gasteiger partial charge < -0.3 is 33.9 Å². The van der Waals surface area contributed by atoms with Gasteiger partial charge in [-0.05, 0) is 37.3 Å². The van der Waals surface area contributed by atoms with E-state index in [4.69, 9.17) is 19.2 Å². The summed E-state index contributed by atoms with van der Waals surface area (Å²) in [6, 6.07) is 5.63. The molecule has 2 aromatic rings. The monoisotopic (exact) mass is 601 g/mol. The minimum atomic E-state index is -0.161. The summed E-state index contributed by atoms with van der Waals surface area (Å²) >= 11 is 0. The van der Waals surface area contributed by atoms with E-state index < -0.39 is 0 Å². The largest absolute Gasteiger partial charge is 0.497 e. The van der Waals surface area contributed by atoms with E-state index in [2.05, 4.69) is 19.2 Å². The van der Waals surface area contributed by atoms with Crippen LogP contribution in [-0.2, 0) is 20.8 Å². The highest BCUT2D eigenvalue weighted by atomic mass is 35.5. The lowest BCUT2D eigenvalue weighted by Gasteiger charge is -2.40. The van der Waals surface area contributed by atoms with Gasteiger partial charge in [-0.25, -0.2) is 4.98 Å². The first-order valence-corrected chi connectivity index (χ1v) is 13.8. The van der Waals surface area contributed by atoms with E-state index in [0.717, 1.165) is 29.6 Å². The van der Waals surface area contributed by atoms with E-state index in [1.54, 1.807) is 14.2 Å². The Morgan fingerprint density at radius 2 is 1.90 bits per heavy atom. The van der Waals surface area contributed by atoms with Crippen molar-refractivity contribution in [3.05, 3.63) is 24.0 Å². The summed E-state index contributed by atoms with van der Waals surface area (Å²) in [5.74, 6) is 1.34. The molecule has 1 N–H and O–H groups in total. The number of ether oxygens (including phenoxy) is 3. The molecule has 2 saturated heterocycles. The van der Waals surface area contributed by atoms with Crippen LogP contribution in [0.3, 0.4) is 0 Å². The minimum absolute atomic E-state index is 0. The average Bonchev–Trinajstić information content (AvgIpc) is 3.31. The number of hydrogen-bond acceptors (Lipinski definition) is 7. The molecule has 40 heavy (non-hydrogen) atoms. The molecule has 0 saturated carbocycles. The van der Waals surface area contributed by atoms with Crippen molar-refractivity contribution in [1.29, 1.82) is 0 Å². The standard InChI is InChI=1S/C28H43N5O5.2ClH/c1-20(2)19-33(22-15-21(17-29-18-22)27(34)31-10-13-38-14-11-31)28(35)26-30-24-8-7-23(37-4)16-25(24)32(26)9-5-6-12-36-3;;/h7-8,16,20-22,29H,5-6,9-15,17-19H2,1-4H3;2*1H/t21-,22+;;/m1../s1. The number of halogens is 2. The van der Waals surface area contributed by atoms with Crippen molar-refractivity contribution in [2.24, 2.45) is 11.8 Å². The Kier molecular flexibility index (Phi) is 13.9. The van der Waals surface area contributed by atoms with Crippen LogP contribution in [0, 0.1) is 11.8 Å². The van der Waals surface area contributed by atoms with Crippen LogP contribution in [0.15, 0.2) is 18.2 Å². The molecule has 2 aliphatic rings. The maximum absolute atomic E-state index is 14.2. The number of piperidine rings is 1. The Labute approximate surface area is 249 Å². The van der Waals surface area contributed by atoms with E-state index in [1.165, 1.54) is 0 Å². The number of unbranched alkanes of at least 4 members (excludes halogenated alkanes) is 1. The van der Waals surface area contributed by atoms with Crippen LogP contribution >= 0.6 is 24.8 Å². The number of carbonyl (C=O) groups excluding carboxylic acids is 2. The third-order valence-corrected chi connectivity index (χ3v) is 7.39. The zero-order valence-electron chi connectivity index (χ0n) is 24.1. The summed E-state index contributed by atoms with van der Waals surface area (Å²) < 4.78 is 18.1. The number of aromatic nitrogens is 2. The van der Waals surface area contributed by atoms with Crippen LogP contribution in [0.1, 0.15) is 43.7 Å². The van der Waals surface area contributed by atoms with Crippen LogP contribution in [0.25, 0.3) is 11.0 Å². The second-order valence-corrected chi connectivity index (χ2v) is 10.7. The normalized spacial score (nSPS) is 19.2. The molecular weight excluding hydrogens is 557 g/mol. The molecule has 0 unspecified atom stereocenters. The predicted molar refractivity (Wildman–Crippen MR) is 160 cm³/mol. The molecule has 226 valence electrons. The van der Waals surface area contributed by atoms with Crippen molar-refractivity contribution < 1.29 is 23.8 Å². The second kappa shape index (κ2) is 16.4. The molecule has 2 atom stereocenters. The number of fused-ring (bicyclic) bond motifs is 1. The highest BCUT2D eigenvalue weighted by Gasteiger charge is 2.36. The molecule has 2 fully saturated rings. The molecular formula is C28H45Cl2N5O5. The van der Waals surface area contributed by atoms with E-state index >= 15 is 0 Å². The molecule has 3 heterocycles. The third kappa shape index (κ3) is 8.22. The number of nitrogens with zero attached hydrogens (tertiary/aromatic N) is 4. The van der Waals surface area contributed by atoms with Gasteiger partial charge in [0.05, 0.1) is 37.3 Å². The molecule has 0 radical (unpaired) electrons. The number of rotatable bonds is 11. The lowest BCUT2D eigenvalue weighted by molar-refractivity contribution is -0.140. The number of amides is 2. The lowest BCUT2D eigenvalue weighted by atomic mass is 9.92. The Morgan fingerprint density at radius 1 is 1.15 bits per heavy atom. The van der Waals surface area contributed by atoms with E-state index in [9.17, 15) is 9.59 Å². The van der Waals surface area contributed by atoms with Crippen LogP contribution in [0.4, 0.5) is 0 Å². The number of nitrogens with one attached hydrogen (secondary N) is 1. The summed E-state index contributed by atoms with van der Waals surface area (Å²) in [5.41, 5.74) is 1.66. The zero-order chi connectivity index (χ0) is 27.1. The molecule has 2 amide bonds. The predicted octanol–water partition coefficient (Wildman–Crippen LogP) is 3.25. The number of hydrogen-bond donors (Lipinski definition) is 1. The quantitative estimate of drug-likeness (QED) is 0.395. The highest BCUT2D eigenvalue weighted by Crippen LogP contribution is 2.26. The van der Waals surface area contributed by atoms with Crippen molar-refractivity contribution >= 4 is 47.7 Å². The fourth-order valence-corrected chi connectivity index (χ4v) is 5.44. The van der Waals surface area contributed by atoms with Gasteiger partial charge in [-0.1, -0.05) is 13.8 Å². The SMILES string of the molecule is COCCCCn1c(C(=O)N(CC(C)C)[C@@H]2CNC[C@H](C(=O)N3CCOCC3)C2)nc2ccc(OC)cc21.Cl.Cl. The zero-order valence-corrected chi connectivity index (χ0v) is 25.7. The molecule has 0 bridgehead atoms. The van der Waals surface area contributed by atoms with Crippen molar-refractivity contribution in [3.63, 3.8) is 0 Å². The summed E-state index contributed by atoms with van der Waals surface area (Å²) in [6.45, 7) is 9.88. The molecule has 0 spiro atoms. The van der Waals surface area contributed by atoms with E-state index in [-0.39, 0.29) is 54.5 Å². The topological polar surface area (TPSA) is 98.2 Å². The van der Waals surface area contributed by atoms with Crippen LogP contribution in [0.2, 0.25) is 0 Å². The van der Waals surface area contributed by atoms with Gasteiger partial charge in [0.25, 0.3) is 5.91 Å². The Hall–Kier alpha value is -2.11. The molecule has 1 aromatic heterocycles. The van der Waals surface area contributed by atoms with Crippen molar-refractivity contribution in [2.45, 2.75) is 45.7 Å². The first-order chi connectivity index (χ1) is 18.4. The molecule has 1 aromatic carbocycles. The fraction of sp³-hybridized carbons (Fsp3) is 0.679. The minimum Gasteiger partial charge on any atom is -0.497 e. The van der Waals surface area contributed by atoms with E-state index in [0.29, 0.717) is 71.3 Å². The van der Waals surface area contributed by atoms with E-state index in [1.807, 2.05) is 32.6 Å². The Bertz CT molecular complexity index is 1090. The second-order valence-electron chi connectivity index (χ2n) is 10.7. The van der Waals surface area contributed by atoms with Crippen LogP contribution in [-0.4, -0.2) is 104 Å². The number of imidazole rings is 1. The highest BCUT2D eigenvalue weighted by molar-refractivity contribution is 5.95. The summed E-state index contributed by atoms with van der Waals surface area (Å²) in [7, 11) is 3.34. The summed E-state index contributed by atoms with van der Waals surface area (Å²) in [5, 5.41) is 3.44.